The fourth-order valence-electron chi connectivity index (χ4n) is 1.83. The lowest BCUT2D eigenvalue weighted by molar-refractivity contribution is 0.294. The minimum absolute atomic E-state index is 0.638. The Morgan fingerprint density at radius 3 is 2.82 bits per heavy atom. The van der Waals surface area contributed by atoms with Gasteiger partial charge in [-0.25, -0.2) is 4.98 Å². The molecule has 0 radical (unpaired) electrons. The molecule has 5 nitrogen and oxygen atoms in total. The number of hydrogen-bond donors (Lipinski definition) is 1. The Hall–Kier alpha value is -2.08. The van der Waals surface area contributed by atoms with Crippen molar-refractivity contribution in [3.63, 3.8) is 0 Å². The summed E-state index contributed by atoms with van der Waals surface area (Å²) in [5, 5.41) is 5.03. The number of ether oxygens (including phenoxy) is 2. The summed E-state index contributed by atoms with van der Waals surface area (Å²) in [5.74, 6) is 1.42. The zero-order chi connectivity index (χ0) is 15.9. The molecule has 0 unspecified atom stereocenters. The predicted octanol–water partition coefficient (Wildman–Crippen LogP) is 4.00. The van der Waals surface area contributed by atoms with Gasteiger partial charge >= 0.3 is 0 Å². The Labute approximate surface area is 135 Å². The van der Waals surface area contributed by atoms with Gasteiger partial charge in [0.15, 0.2) is 11.5 Å². The number of aromatic nitrogens is 1. The number of anilines is 1. The van der Waals surface area contributed by atoms with Crippen molar-refractivity contribution in [1.29, 1.82) is 0 Å². The SMILES string of the molecule is CCCOc1c(/C=N\Nc2nc(C)c(C)s2)cccc1OC. The highest BCUT2D eigenvalue weighted by atomic mass is 32.1. The van der Waals surface area contributed by atoms with Gasteiger partial charge in [0.1, 0.15) is 0 Å². The van der Waals surface area contributed by atoms with Crippen LogP contribution in [0.2, 0.25) is 0 Å². The molecule has 1 aromatic carbocycles. The quantitative estimate of drug-likeness (QED) is 0.619. The van der Waals surface area contributed by atoms with Gasteiger partial charge in [0.2, 0.25) is 5.13 Å². The minimum Gasteiger partial charge on any atom is -0.493 e. The van der Waals surface area contributed by atoms with E-state index < -0.39 is 0 Å². The van der Waals surface area contributed by atoms with Gasteiger partial charge in [-0.05, 0) is 32.4 Å². The minimum atomic E-state index is 0.638. The molecule has 0 saturated heterocycles. The number of methoxy groups -OCH3 is 1. The van der Waals surface area contributed by atoms with Crippen LogP contribution in [0.25, 0.3) is 0 Å². The molecule has 0 bridgehead atoms. The first-order valence-electron chi connectivity index (χ1n) is 7.18. The van der Waals surface area contributed by atoms with Gasteiger partial charge in [0.05, 0.1) is 25.6 Å². The fourth-order valence-corrected chi connectivity index (χ4v) is 2.60. The Bertz CT molecular complexity index is 633. The van der Waals surface area contributed by atoms with Crippen LogP contribution in [0.4, 0.5) is 5.13 Å². The third kappa shape index (κ3) is 3.98. The Balaban J connectivity index is 2.15. The molecule has 0 saturated carbocycles. The molecule has 1 N–H and O–H groups in total. The summed E-state index contributed by atoms with van der Waals surface area (Å²) in [4.78, 5) is 5.57. The number of nitrogens with zero attached hydrogens (tertiary/aromatic N) is 2. The molecule has 0 fully saturated rings. The molecular formula is C16H21N3O2S. The van der Waals surface area contributed by atoms with Crippen molar-refractivity contribution in [3.05, 3.63) is 34.3 Å². The van der Waals surface area contributed by atoms with Crippen LogP contribution < -0.4 is 14.9 Å². The van der Waals surface area contributed by atoms with Crippen molar-refractivity contribution in [1.82, 2.24) is 4.98 Å². The van der Waals surface area contributed by atoms with Crippen LogP contribution in [0.15, 0.2) is 23.3 Å². The molecule has 0 spiro atoms. The monoisotopic (exact) mass is 319 g/mol. The lowest BCUT2D eigenvalue weighted by atomic mass is 10.2. The van der Waals surface area contributed by atoms with Crippen molar-refractivity contribution in [2.75, 3.05) is 19.1 Å². The van der Waals surface area contributed by atoms with E-state index in [-0.39, 0.29) is 0 Å². The molecule has 0 atom stereocenters. The van der Waals surface area contributed by atoms with E-state index in [2.05, 4.69) is 22.4 Å². The summed E-state index contributed by atoms with van der Waals surface area (Å²) in [6.45, 7) is 6.73. The van der Waals surface area contributed by atoms with Gasteiger partial charge in [0, 0.05) is 10.4 Å². The highest BCUT2D eigenvalue weighted by Gasteiger charge is 2.09. The van der Waals surface area contributed by atoms with Crippen LogP contribution in [0.5, 0.6) is 11.5 Å². The summed E-state index contributed by atoms with van der Waals surface area (Å²) in [6, 6.07) is 5.73. The van der Waals surface area contributed by atoms with Crippen LogP contribution in [0.3, 0.4) is 0 Å². The summed E-state index contributed by atoms with van der Waals surface area (Å²) >= 11 is 1.58. The summed E-state index contributed by atoms with van der Waals surface area (Å²) in [5.41, 5.74) is 4.85. The standard InChI is InChI=1S/C16H21N3O2S/c1-5-9-21-15-13(7-6-8-14(15)20-4)10-17-19-16-18-11(2)12(3)22-16/h6-8,10H,5,9H2,1-4H3,(H,18,19)/b17-10-. The van der Waals surface area contributed by atoms with Crippen molar-refractivity contribution in [3.8, 4) is 11.5 Å². The fraction of sp³-hybridized carbons (Fsp3) is 0.375. The lowest BCUT2D eigenvalue weighted by Gasteiger charge is -2.12. The molecule has 0 aliphatic carbocycles. The molecule has 0 aliphatic rings. The van der Waals surface area contributed by atoms with Crippen LogP contribution in [0.1, 0.15) is 29.5 Å². The van der Waals surface area contributed by atoms with E-state index in [0.717, 1.165) is 22.8 Å². The Morgan fingerprint density at radius 1 is 1.36 bits per heavy atom. The summed E-state index contributed by atoms with van der Waals surface area (Å²) < 4.78 is 11.1. The van der Waals surface area contributed by atoms with E-state index in [4.69, 9.17) is 9.47 Å². The van der Waals surface area contributed by atoms with E-state index in [1.807, 2.05) is 32.0 Å². The second kappa shape index (κ2) is 7.79. The summed E-state index contributed by atoms with van der Waals surface area (Å²) in [7, 11) is 1.63. The van der Waals surface area contributed by atoms with E-state index in [9.17, 15) is 0 Å². The maximum atomic E-state index is 5.78. The molecule has 22 heavy (non-hydrogen) atoms. The van der Waals surface area contributed by atoms with Crippen LogP contribution in [-0.2, 0) is 0 Å². The lowest BCUT2D eigenvalue weighted by Crippen LogP contribution is -2.01. The maximum absolute atomic E-state index is 5.78. The smallest absolute Gasteiger partial charge is 0.203 e. The van der Waals surface area contributed by atoms with Gasteiger partial charge < -0.3 is 9.47 Å². The largest absolute Gasteiger partial charge is 0.493 e. The maximum Gasteiger partial charge on any atom is 0.203 e. The van der Waals surface area contributed by atoms with Gasteiger partial charge in [-0.3, -0.25) is 5.43 Å². The number of nitrogens with one attached hydrogen (secondary N) is 1. The van der Waals surface area contributed by atoms with Crippen molar-refractivity contribution in [2.24, 2.45) is 5.10 Å². The second-order valence-electron chi connectivity index (χ2n) is 4.76. The molecule has 1 heterocycles. The highest BCUT2D eigenvalue weighted by Crippen LogP contribution is 2.30. The number of rotatable bonds is 7. The van der Waals surface area contributed by atoms with Crippen molar-refractivity contribution >= 4 is 22.7 Å². The molecule has 1 aromatic heterocycles. The number of para-hydroxylation sites is 1. The normalized spacial score (nSPS) is 10.9. The first-order chi connectivity index (χ1) is 10.7. The van der Waals surface area contributed by atoms with Crippen molar-refractivity contribution in [2.45, 2.75) is 27.2 Å². The summed E-state index contributed by atoms with van der Waals surface area (Å²) in [6.07, 6.45) is 2.66. The van der Waals surface area contributed by atoms with Crippen molar-refractivity contribution < 1.29 is 9.47 Å². The van der Waals surface area contributed by atoms with Crippen LogP contribution >= 0.6 is 11.3 Å². The highest BCUT2D eigenvalue weighted by molar-refractivity contribution is 7.15. The van der Waals surface area contributed by atoms with E-state index in [1.165, 1.54) is 4.88 Å². The molecule has 6 heteroatoms. The van der Waals surface area contributed by atoms with Crippen LogP contribution in [0, 0.1) is 13.8 Å². The first-order valence-corrected chi connectivity index (χ1v) is 8.00. The average molecular weight is 319 g/mol. The average Bonchev–Trinajstić information content (AvgIpc) is 2.84. The Morgan fingerprint density at radius 2 is 2.18 bits per heavy atom. The predicted molar refractivity (Wildman–Crippen MR) is 91.6 cm³/mol. The third-order valence-corrected chi connectivity index (χ3v) is 4.05. The van der Waals surface area contributed by atoms with Gasteiger partial charge in [-0.15, -0.1) is 11.3 Å². The van der Waals surface area contributed by atoms with E-state index >= 15 is 0 Å². The number of thiazole rings is 1. The topological polar surface area (TPSA) is 55.7 Å². The zero-order valence-electron chi connectivity index (χ0n) is 13.3. The Kier molecular flexibility index (Phi) is 5.77. The number of aryl methyl sites for hydroxylation is 2. The number of hydrazone groups is 1. The number of hydrogen-bond acceptors (Lipinski definition) is 6. The van der Waals surface area contributed by atoms with Gasteiger partial charge in [-0.1, -0.05) is 13.0 Å². The molecule has 0 aliphatic heterocycles. The molecule has 2 aromatic rings. The third-order valence-electron chi connectivity index (χ3n) is 3.07. The zero-order valence-corrected chi connectivity index (χ0v) is 14.2. The van der Waals surface area contributed by atoms with Gasteiger partial charge in [-0.2, -0.15) is 5.10 Å². The molecule has 2 rings (SSSR count). The van der Waals surface area contributed by atoms with E-state index in [1.54, 1.807) is 24.7 Å². The molecule has 118 valence electrons. The van der Waals surface area contributed by atoms with Crippen LogP contribution in [-0.4, -0.2) is 24.9 Å². The first kappa shape index (κ1) is 16.3. The van der Waals surface area contributed by atoms with E-state index in [0.29, 0.717) is 18.1 Å². The molecule has 0 amide bonds. The molecular weight excluding hydrogens is 298 g/mol. The van der Waals surface area contributed by atoms with Gasteiger partial charge in [0.25, 0.3) is 0 Å². The second-order valence-corrected chi connectivity index (χ2v) is 5.96. The number of benzene rings is 1.